The highest BCUT2D eigenvalue weighted by molar-refractivity contribution is 7.92. The van der Waals surface area contributed by atoms with E-state index in [1.165, 1.54) is 18.7 Å². The summed E-state index contributed by atoms with van der Waals surface area (Å²) in [7, 11) is -2.58. The Bertz CT molecular complexity index is 1430. The maximum atomic E-state index is 13.3. The molecule has 3 aromatic carbocycles. The highest BCUT2D eigenvalue weighted by Crippen LogP contribution is 2.33. The first-order chi connectivity index (χ1) is 18.4. The monoisotopic (exact) mass is 532 g/mol. The molecule has 0 unspecified atom stereocenters. The lowest BCUT2D eigenvalue weighted by molar-refractivity contribution is 0.0628. The van der Waals surface area contributed by atoms with Gasteiger partial charge in [-0.1, -0.05) is 54.6 Å². The topological polar surface area (TPSA) is 91.3 Å². The second kappa shape index (κ2) is 12.1. The van der Waals surface area contributed by atoms with E-state index in [9.17, 15) is 13.2 Å². The largest absolute Gasteiger partial charge is 0.495 e. The normalized spacial score (nSPS) is 14.4. The molecule has 0 radical (unpaired) electrons. The third kappa shape index (κ3) is 6.12. The van der Waals surface area contributed by atoms with Crippen molar-refractivity contribution in [1.29, 1.82) is 0 Å². The SMILES string of the molecule is C=Nc1c(/C=C\C)cccc1S(=O)(=O)Nc1ccc(C(=O)N2CCN(Cc3ccccc3)CC2)cc1OC. The van der Waals surface area contributed by atoms with Crippen molar-refractivity contribution in [1.82, 2.24) is 9.80 Å². The minimum Gasteiger partial charge on any atom is -0.495 e. The predicted octanol–water partition coefficient (Wildman–Crippen LogP) is 4.82. The van der Waals surface area contributed by atoms with Gasteiger partial charge >= 0.3 is 0 Å². The highest BCUT2D eigenvalue weighted by Gasteiger charge is 2.25. The molecule has 8 nitrogen and oxygen atoms in total. The molecule has 1 amide bonds. The fourth-order valence-electron chi connectivity index (χ4n) is 4.48. The Hall–Kier alpha value is -3.95. The number of rotatable bonds is 9. The van der Waals surface area contributed by atoms with Crippen LogP contribution in [0.15, 0.2) is 82.7 Å². The zero-order valence-corrected chi connectivity index (χ0v) is 22.4. The molecule has 3 aromatic rings. The van der Waals surface area contributed by atoms with Crippen molar-refractivity contribution in [3.05, 3.63) is 89.5 Å². The van der Waals surface area contributed by atoms with Gasteiger partial charge in [0.05, 0.1) is 18.5 Å². The van der Waals surface area contributed by atoms with Crippen molar-refractivity contribution < 1.29 is 17.9 Å². The van der Waals surface area contributed by atoms with Gasteiger partial charge in [0.15, 0.2) is 0 Å². The number of para-hydroxylation sites is 1. The Kier molecular flexibility index (Phi) is 8.60. The molecule has 38 heavy (non-hydrogen) atoms. The van der Waals surface area contributed by atoms with Crippen LogP contribution in [-0.4, -0.2) is 64.1 Å². The Morgan fingerprint density at radius 1 is 1.05 bits per heavy atom. The predicted molar refractivity (Wildman–Crippen MR) is 152 cm³/mol. The number of piperazine rings is 1. The molecule has 1 aliphatic heterocycles. The molecule has 0 spiro atoms. The molecule has 1 fully saturated rings. The van der Waals surface area contributed by atoms with Gasteiger partial charge in [0.1, 0.15) is 10.6 Å². The fourth-order valence-corrected chi connectivity index (χ4v) is 5.74. The van der Waals surface area contributed by atoms with Gasteiger partial charge in [0, 0.05) is 43.9 Å². The number of nitrogens with zero attached hydrogens (tertiary/aromatic N) is 3. The first kappa shape index (κ1) is 27.1. The maximum Gasteiger partial charge on any atom is 0.264 e. The summed E-state index contributed by atoms with van der Waals surface area (Å²) < 4.78 is 34.6. The average molecular weight is 533 g/mol. The number of carbonyl (C=O) groups is 1. The van der Waals surface area contributed by atoms with Gasteiger partial charge in [-0.15, -0.1) is 0 Å². The Labute approximate surface area is 224 Å². The first-order valence-corrected chi connectivity index (χ1v) is 13.8. The zero-order valence-electron chi connectivity index (χ0n) is 21.6. The molecular weight excluding hydrogens is 500 g/mol. The van der Waals surface area contributed by atoms with Crippen LogP contribution < -0.4 is 9.46 Å². The van der Waals surface area contributed by atoms with Crippen LogP contribution >= 0.6 is 0 Å². The van der Waals surface area contributed by atoms with Crippen molar-refractivity contribution in [2.24, 2.45) is 4.99 Å². The summed E-state index contributed by atoms with van der Waals surface area (Å²) in [5.41, 5.74) is 2.81. The summed E-state index contributed by atoms with van der Waals surface area (Å²) in [5.74, 6) is 0.133. The van der Waals surface area contributed by atoms with Crippen molar-refractivity contribution in [3.63, 3.8) is 0 Å². The van der Waals surface area contributed by atoms with Gasteiger partial charge in [-0.25, -0.2) is 8.42 Å². The number of amides is 1. The Balaban J connectivity index is 1.48. The summed E-state index contributed by atoms with van der Waals surface area (Å²) >= 11 is 0. The number of sulfonamides is 1. The molecule has 0 atom stereocenters. The van der Waals surface area contributed by atoms with Gasteiger partial charge < -0.3 is 9.64 Å². The molecule has 4 rings (SSSR count). The molecule has 0 aliphatic carbocycles. The zero-order chi connectivity index (χ0) is 27.1. The number of hydrogen-bond donors (Lipinski definition) is 1. The number of allylic oxidation sites excluding steroid dienone is 1. The van der Waals surface area contributed by atoms with Crippen LogP contribution in [0.2, 0.25) is 0 Å². The molecule has 0 aromatic heterocycles. The van der Waals surface area contributed by atoms with Crippen molar-refractivity contribution in [2.75, 3.05) is 38.0 Å². The van der Waals surface area contributed by atoms with Gasteiger partial charge in [0.2, 0.25) is 0 Å². The number of methoxy groups -OCH3 is 1. The number of hydrogen-bond acceptors (Lipinski definition) is 6. The highest BCUT2D eigenvalue weighted by atomic mass is 32.2. The van der Waals surface area contributed by atoms with Gasteiger partial charge in [-0.2, -0.15) is 0 Å². The molecule has 198 valence electrons. The molecule has 1 aliphatic rings. The summed E-state index contributed by atoms with van der Waals surface area (Å²) in [4.78, 5) is 21.3. The van der Waals surface area contributed by atoms with E-state index in [4.69, 9.17) is 4.74 Å². The second-order valence-electron chi connectivity index (χ2n) is 8.93. The molecule has 9 heteroatoms. The van der Waals surface area contributed by atoms with Gasteiger partial charge in [-0.3, -0.25) is 19.4 Å². The second-order valence-corrected chi connectivity index (χ2v) is 10.6. The van der Waals surface area contributed by atoms with E-state index < -0.39 is 10.0 Å². The van der Waals surface area contributed by atoms with E-state index in [1.807, 2.05) is 30.0 Å². The minimum atomic E-state index is -4.01. The number of ether oxygens (including phenoxy) is 1. The third-order valence-corrected chi connectivity index (χ3v) is 7.82. The van der Waals surface area contributed by atoms with E-state index in [-0.39, 0.29) is 27.9 Å². The van der Waals surface area contributed by atoms with Crippen LogP contribution in [0.3, 0.4) is 0 Å². The van der Waals surface area contributed by atoms with Crippen LogP contribution in [0.5, 0.6) is 5.75 Å². The van der Waals surface area contributed by atoms with Crippen molar-refractivity contribution >= 4 is 40.1 Å². The van der Waals surface area contributed by atoms with E-state index >= 15 is 0 Å². The summed E-state index contributed by atoms with van der Waals surface area (Å²) in [5, 5.41) is 0. The molecule has 0 saturated carbocycles. The smallest absolute Gasteiger partial charge is 0.264 e. The summed E-state index contributed by atoms with van der Waals surface area (Å²) in [6.45, 7) is 9.02. The van der Waals surface area contributed by atoms with Crippen LogP contribution in [0.1, 0.15) is 28.4 Å². The molecule has 0 bridgehead atoms. The van der Waals surface area contributed by atoms with E-state index in [1.54, 1.807) is 42.5 Å². The number of benzene rings is 3. The average Bonchev–Trinajstić information content (AvgIpc) is 2.93. The number of carbonyl (C=O) groups excluding carboxylic acids is 1. The van der Waals surface area contributed by atoms with E-state index in [0.717, 1.165) is 19.6 Å². The maximum absolute atomic E-state index is 13.3. The van der Waals surface area contributed by atoms with Crippen LogP contribution in [0.4, 0.5) is 11.4 Å². The van der Waals surface area contributed by atoms with Crippen LogP contribution in [-0.2, 0) is 16.6 Å². The van der Waals surface area contributed by atoms with E-state index in [2.05, 4.69) is 33.5 Å². The minimum absolute atomic E-state index is 0.00122. The molecular formula is C29H32N4O4S. The number of anilines is 1. The number of nitrogens with one attached hydrogen (secondary N) is 1. The Morgan fingerprint density at radius 3 is 2.45 bits per heavy atom. The fraction of sp³-hybridized carbons (Fsp3) is 0.241. The van der Waals surface area contributed by atoms with E-state index in [0.29, 0.717) is 24.2 Å². The molecule has 1 saturated heterocycles. The van der Waals surface area contributed by atoms with Crippen LogP contribution in [0, 0.1) is 0 Å². The van der Waals surface area contributed by atoms with Gasteiger partial charge in [-0.05, 0) is 43.5 Å². The number of aliphatic imine (C=N–C) groups is 1. The van der Waals surface area contributed by atoms with Gasteiger partial charge in [0.25, 0.3) is 15.9 Å². The summed E-state index contributed by atoms with van der Waals surface area (Å²) in [6, 6.07) is 19.9. The van der Waals surface area contributed by atoms with Crippen LogP contribution in [0.25, 0.3) is 6.08 Å². The standard InChI is InChI=1S/C29H32N4O4S/c1-4-9-23-12-8-13-27(28(23)30-2)38(35,36)31-25-15-14-24(20-26(25)37-3)29(34)33-18-16-32(17-19-33)21-22-10-6-5-7-11-22/h4-15,20,31H,2,16-19,21H2,1,3H3/b9-4-. The van der Waals surface area contributed by atoms with Crippen molar-refractivity contribution in [3.8, 4) is 5.75 Å². The lowest BCUT2D eigenvalue weighted by atomic mass is 10.1. The lowest BCUT2D eigenvalue weighted by Crippen LogP contribution is -2.48. The molecule has 1 N–H and O–H groups in total. The Morgan fingerprint density at radius 2 is 1.79 bits per heavy atom. The summed E-state index contributed by atoms with van der Waals surface area (Å²) in [6.07, 6.45) is 3.57. The van der Waals surface area contributed by atoms with Crippen molar-refractivity contribution in [2.45, 2.75) is 18.4 Å². The molecule has 1 heterocycles. The quantitative estimate of drug-likeness (QED) is 0.399. The lowest BCUT2D eigenvalue weighted by Gasteiger charge is -2.34. The first-order valence-electron chi connectivity index (χ1n) is 12.3. The third-order valence-electron chi connectivity index (χ3n) is 6.43.